The fourth-order valence-electron chi connectivity index (χ4n) is 2.34. The number of nitriles is 1. The molecule has 1 amide bonds. The van der Waals surface area contributed by atoms with E-state index in [9.17, 15) is 4.79 Å². The summed E-state index contributed by atoms with van der Waals surface area (Å²) in [6.45, 7) is 4.67. The highest BCUT2D eigenvalue weighted by atomic mass is 16.2. The van der Waals surface area contributed by atoms with Crippen molar-refractivity contribution in [2.75, 3.05) is 11.4 Å². The monoisotopic (exact) mass is 243 g/mol. The van der Waals surface area contributed by atoms with Gasteiger partial charge < -0.3 is 10.2 Å². The number of rotatable bonds is 2. The van der Waals surface area contributed by atoms with E-state index in [1.54, 1.807) is 4.90 Å². The topological polar surface area (TPSA) is 56.1 Å². The average molecular weight is 243 g/mol. The Balaban J connectivity index is 2.30. The van der Waals surface area contributed by atoms with E-state index in [-0.39, 0.29) is 18.4 Å². The normalized spacial score (nSPS) is 23.8. The fourth-order valence-corrected chi connectivity index (χ4v) is 2.34. The number of hydrogen-bond acceptors (Lipinski definition) is 3. The number of carbonyl (C=O) groups is 1. The van der Waals surface area contributed by atoms with Crippen molar-refractivity contribution in [1.82, 2.24) is 5.32 Å². The van der Waals surface area contributed by atoms with Crippen LogP contribution >= 0.6 is 0 Å². The molecule has 1 aliphatic heterocycles. The third kappa shape index (κ3) is 2.36. The van der Waals surface area contributed by atoms with Crippen LogP contribution in [-0.2, 0) is 4.79 Å². The van der Waals surface area contributed by atoms with Crippen LogP contribution in [-0.4, -0.2) is 24.5 Å². The van der Waals surface area contributed by atoms with Crippen LogP contribution in [0, 0.1) is 18.3 Å². The predicted octanol–water partition coefficient (Wildman–Crippen LogP) is 1.60. The number of para-hydroxylation sites is 1. The lowest BCUT2D eigenvalue weighted by atomic mass is 10.0. The van der Waals surface area contributed by atoms with Crippen molar-refractivity contribution >= 4 is 11.6 Å². The van der Waals surface area contributed by atoms with Gasteiger partial charge in [-0.15, -0.1) is 0 Å². The quantitative estimate of drug-likeness (QED) is 0.858. The Kier molecular flexibility index (Phi) is 3.63. The van der Waals surface area contributed by atoms with Crippen LogP contribution in [0.1, 0.15) is 18.9 Å². The lowest BCUT2D eigenvalue weighted by Gasteiger charge is -2.37. The first-order chi connectivity index (χ1) is 8.63. The SMILES string of the molecule is Cc1ccccc1N1CC(C)NC(CC#N)C1=O. The summed E-state index contributed by atoms with van der Waals surface area (Å²) in [7, 11) is 0. The standard InChI is InChI=1S/C14H17N3O/c1-10-5-3-4-6-13(10)17-9-11(2)16-12(7-8-15)14(17)18/h3-6,11-12,16H,7,9H2,1-2H3. The maximum absolute atomic E-state index is 12.3. The highest BCUT2D eigenvalue weighted by Gasteiger charge is 2.32. The minimum Gasteiger partial charge on any atom is -0.309 e. The molecule has 18 heavy (non-hydrogen) atoms. The van der Waals surface area contributed by atoms with Crippen molar-refractivity contribution in [2.24, 2.45) is 0 Å². The number of anilines is 1. The molecule has 1 heterocycles. The smallest absolute Gasteiger partial charge is 0.245 e. The van der Waals surface area contributed by atoms with E-state index < -0.39 is 6.04 Å². The van der Waals surface area contributed by atoms with Crippen molar-refractivity contribution in [3.8, 4) is 6.07 Å². The van der Waals surface area contributed by atoms with E-state index in [1.165, 1.54) is 0 Å². The summed E-state index contributed by atoms with van der Waals surface area (Å²) in [5.41, 5.74) is 2.02. The van der Waals surface area contributed by atoms with Crippen LogP contribution in [0.2, 0.25) is 0 Å². The molecular formula is C14H17N3O. The van der Waals surface area contributed by atoms with E-state index in [0.717, 1.165) is 11.3 Å². The molecule has 0 saturated carbocycles. The number of hydrogen-bond donors (Lipinski definition) is 1. The Morgan fingerprint density at radius 3 is 2.89 bits per heavy atom. The van der Waals surface area contributed by atoms with Gasteiger partial charge in [-0.25, -0.2) is 0 Å². The predicted molar refractivity (Wildman–Crippen MR) is 70.1 cm³/mol. The number of nitrogens with one attached hydrogen (secondary N) is 1. The summed E-state index contributed by atoms with van der Waals surface area (Å²) in [6, 6.07) is 9.71. The van der Waals surface area contributed by atoms with Crippen molar-refractivity contribution in [3.63, 3.8) is 0 Å². The molecule has 0 radical (unpaired) electrons. The number of aryl methyl sites for hydroxylation is 1. The molecule has 2 atom stereocenters. The second-order valence-electron chi connectivity index (χ2n) is 4.72. The molecule has 1 aromatic rings. The first kappa shape index (κ1) is 12.6. The molecule has 0 aliphatic carbocycles. The molecule has 4 nitrogen and oxygen atoms in total. The Bertz CT molecular complexity index is 492. The number of benzene rings is 1. The molecule has 4 heteroatoms. The molecule has 0 aromatic heterocycles. The second kappa shape index (κ2) is 5.19. The summed E-state index contributed by atoms with van der Waals surface area (Å²) in [5, 5.41) is 11.9. The number of nitrogens with zero attached hydrogens (tertiary/aromatic N) is 2. The lowest BCUT2D eigenvalue weighted by molar-refractivity contribution is -0.122. The molecule has 1 aromatic carbocycles. The highest BCUT2D eigenvalue weighted by molar-refractivity contribution is 5.98. The molecule has 0 bridgehead atoms. The Morgan fingerprint density at radius 1 is 1.50 bits per heavy atom. The van der Waals surface area contributed by atoms with E-state index in [1.807, 2.05) is 38.1 Å². The van der Waals surface area contributed by atoms with Gasteiger partial charge in [-0.2, -0.15) is 5.26 Å². The first-order valence-electron chi connectivity index (χ1n) is 6.13. The van der Waals surface area contributed by atoms with Gasteiger partial charge in [0.15, 0.2) is 0 Å². The molecule has 1 saturated heterocycles. The lowest BCUT2D eigenvalue weighted by Crippen LogP contribution is -2.59. The zero-order valence-electron chi connectivity index (χ0n) is 10.7. The van der Waals surface area contributed by atoms with Gasteiger partial charge in [0.1, 0.15) is 6.04 Å². The van der Waals surface area contributed by atoms with Crippen LogP contribution in [0.25, 0.3) is 0 Å². The Hall–Kier alpha value is -1.86. The van der Waals surface area contributed by atoms with Crippen LogP contribution < -0.4 is 10.2 Å². The van der Waals surface area contributed by atoms with Gasteiger partial charge in [0.05, 0.1) is 12.5 Å². The van der Waals surface area contributed by atoms with Crippen molar-refractivity contribution in [1.29, 1.82) is 5.26 Å². The van der Waals surface area contributed by atoms with Crippen molar-refractivity contribution in [3.05, 3.63) is 29.8 Å². The van der Waals surface area contributed by atoms with Crippen LogP contribution in [0.3, 0.4) is 0 Å². The number of amides is 1. The maximum Gasteiger partial charge on any atom is 0.245 e. The summed E-state index contributed by atoms with van der Waals surface area (Å²) in [4.78, 5) is 14.1. The van der Waals surface area contributed by atoms with Gasteiger partial charge in [-0.3, -0.25) is 4.79 Å². The summed E-state index contributed by atoms with van der Waals surface area (Å²) < 4.78 is 0. The average Bonchev–Trinajstić information content (AvgIpc) is 2.34. The van der Waals surface area contributed by atoms with Crippen molar-refractivity contribution < 1.29 is 4.79 Å². The van der Waals surface area contributed by atoms with Gasteiger partial charge in [0, 0.05) is 18.3 Å². The van der Waals surface area contributed by atoms with E-state index >= 15 is 0 Å². The zero-order valence-corrected chi connectivity index (χ0v) is 10.7. The second-order valence-corrected chi connectivity index (χ2v) is 4.72. The van der Waals surface area contributed by atoms with Gasteiger partial charge in [-0.1, -0.05) is 18.2 Å². The fraction of sp³-hybridized carbons (Fsp3) is 0.429. The number of carbonyl (C=O) groups excluding carboxylic acids is 1. The molecular weight excluding hydrogens is 226 g/mol. The molecule has 94 valence electrons. The van der Waals surface area contributed by atoms with Crippen molar-refractivity contribution in [2.45, 2.75) is 32.4 Å². The molecule has 1 fully saturated rings. The summed E-state index contributed by atoms with van der Waals surface area (Å²) in [6.07, 6.45) is 0.214. The number of piperazine rings is 1. The third-order valence-electron chi connectivity index (χ3n) is 3.21. The Labute approximate surface area is 107 Å². The van der Waals surface area contributed by atoms with E-state index in [2.05, 4.69) is 11.4 Å². The molecule has 1 N–H and O–H groups in total. The minimum atomic E-state index is -0.390. The minimum absolute atomic E-state index is 0.0102. The van der Waals surface area contributed by atoms with Crippen LogP contribution in [0.15, 0.2) is 24.3 Å². The summed E-state index contributed by atoms with van der Waals surface area (Å²) >= 11 is 0. The molecule has 1 aliphatic rings. The van der Waals surface area contributed by atoms with Gasteiger partial charge in [0.25, 0.3) is 0 Å². The first-order valence-corrected chi connectivity index (χ1v) is 6.13. The molecule has 0 spiro atoms. The van der Waals surface area contributed by atoms with Gasteiger partial charge in [-0.05, 0) is 25.5 Å². The van der Waals surface area contributed by atoms with Crippen LogP contribution in [0.4, 0.5) is 5.69 Å². The molecule has 2 rings (SSSR count). The molecule has 2 unspecified atom stereocenters. The van der Waals surface area contributed by atoms with Gasteiger partial charge in [0.2, 0.25) is 5.91 Å². The largest absolute Gasteiger partial charge is 0.309 e. The van der Waals surface area contributed by atoms with Crippen LogP contribution in [0.5, 0.6) is 0 Å². The van der Waals surface area contributed by atoms with E-state index in [4.69, 9.17) is 5.26 Å². The zero-order chi connectivity index (χ0) is 13.1. The Morgan fingerprint density at radius 2 is 2.22 bits per heavy atom. The highest BCUT2D eigenvalue weighted by Crippen LogP contribution is 2.23. The third-order valence-corrected chi connectivity index (χ3v) is 3.21. The maximum atomic E-state index is 12.3. The van der Waals surface area contributed by atoms with E-state index in [0.29, 0.717) is 6.54 Å². The van der Waals surface area contributed by atoms with Gasteiger partial charge >= 0.3 is 0 Å². The summed E-state index contributed by atoms with van der Waals surface area (Å²) in [5.74, 6) is -0.0102.